The van der Waals surface area contributed by atoms with E-state index in [2.05, 4.69) is 59.0 Å². The average molecular weight is 368 g/mol. The molecule has 1 heterocycles. The number of ether oxygens (including phenoxy) is 2. The van der Waals surface area contributed by atoms with Gasteiger partial charge in [-0.3, -0.25) is 0 Å². The van der Waals surface area contributed by atoms with Crippen molar-refractivity contribution in [3.8, 4) is 11.5 Å². The van der Waals surface area contributed by atoms with Gasteiger partial charge in [0.05, 0.1) is 13.2 Å². The lowest BCUT2D eigenvalue weighted by Crippen LogP contribution is -2.18. The van der Waals surface area contributed by atoms with Gasteiger partial charge >= 0.3 is 0 Å². The number of thioether (sulfide) groups is 1. The Labute approximate surface area is 160 Å². The summed E-state index contributed by atoms with van der Waals surface area (Å²) in [7, 11) is 1.71. The molecule has 4 heteroatoms. The zero-order chi connectivity index (χ0) is 17.8. The number of methoxy groups -OCH3 is 1. The first-order chi connectivity index (χ1) is 12.8. The predicted molar refractivity (Wildman–Crippen MR) is 107 cm³/mol. The second kappa shape index (κ2) is 8.09. The quantitative estimate of drug-likeness (QED) is 0.649. The average Bonchev–Trinajstić information content (AvgIpc) is 3.35. The molecule has 1 aliphatic carbocycles. The van der Waals surface area contributed by atoms with Gasteiger partial charge in [0.25, 0.3) is 0 Å². The van der Waals surface area contributed by atoms with Crippen molar-refractivity contribution in [2.75, 3.05) is 7.11 Å². The van der Waals surface area contributed by atoms with E-state index >= 15 is 0 Å². The molecule has 1 saturated carbocycles. The Balaban J connectivity index is 1.54. The van der Waals surface area contributed by atoms with Crippen LogP contribution in [0.25, 0.3) is 0 Å². The second-order valence-electron chi connectivity index (χ2n) is 6.87. The third-order valence-electron chi connectivity index (χ3n) is 5.04. The molecule has 3 nitrogen and oxygen atoms in total. The van der Waals surface area contributed by atoms with E-state index in [9.17, 15) is 0 Å². The van der Waals surface area contributed by atoms with Crippen LogP contribution in [-0.2, 0) is 6.54 Å². The Morgan fingerprint density at radius 1 is 1.04 bits per heavy atom. The van der Waals surface area contributed by atoms with E-state index in [-0.39, 0.29) is 5.37 Å². The first-order valence-corrected chi connectivity index (χ1v) is 10.2. The zero-order valence-electron chi connectivity index (χ0n) is 15.1. The van der Waals surface area contributed by atoms with Crippen molar-refractivity contribution >= 4 is 11.8 Å². The molecule has 0 bridgehead atoms. The Morgan fingerprint density at radius 3 is 2.62 bits per heavy atom. The number of hydrogen-bond acceptors (Lipinski definition) is 4. The summed E-state index contributed by atoms with van der Waals surface area (Å²) in [6.07, 6.45) is 7.33. The van der Waals surface area contributed by atoms with Crippen LogP contribution in [0, 0.1) is 0 Å². The summed E-state index contributed by atoms with van der Waals surface area (Å²) >= 11 is 1.84. The van der Waals surface area contributed by atoms with Gasteiger partial charge in [0.1, 0.15) is 5.37 Å². The molecule has 136 valence electrons. The summed E-state index contributed by atoms with van der Waals surface area (Å²) < 4.78 is 11.8. The third-order valence-corrected chi connectivity index (χ3v) is 6.12. The Hall–Kier alpha value is -2.07. The SMILES string of the molecule is COc1ccc(C2SC=CN2Cc2ccccc2)cc1OC1CCCC1. The van der Waals surface area contributed by atoms with Gasteiger partial charge in [0.2, 0.25) is 0 Å². The molecular formula is C22H25NO2S. The van der Waals surface area contributed by atoms with Crippen molar-refractivity contribution in [2.24, 2.45) is 0 Å². The Morgan fingerprint density at radius 2 is 1.85 bits per heavy atom. The number of nitrogens with zero attached hydrogens (tertiary/aromatic N) is 1. The van der Waals surface area contributed by atoms with Crippen LogP contribution >= 0.6 is 11.8 Å². The van der Waals surface area contributed by atoms with Crippen LogP contribution in [0.1, 0.15) is 42.2 Å². The van der Waals surface area contributed by atoms with Gasteiger partial charge in [-0.2, -0.15) is 0 Å². The molecule has 0 saturated heterocycles. The lowest BCUT2D eigenvalue weighted by Gasteiger charge is -2.26. The molecule has 1 unspecified atom stereocenters. The van der Waals surface area contributed by atoms with Crippen molar-refractivity contribution in [1.29, 1.82) is 0 Å². The Kier molecular flexibility index (Phi) is 5.40. The van der Waals surface area contributed by atoms with Crippen LogP contribution in [0.4, 0.5) is 0 Å². The van der Waals surface area contributed by atoms with E-state index < -0.39 is 0 Å². The summed E-state index contributed by atoms with van der Waals surface area (Å²) in [5.74, 6) is 1.70. The highest BCUT2D eigenvalue weighted by molar-refractivity contribution is 8.02. The molecule has 0 aromatic heterocycles. The minimum absolute atomic E-state index is 0.270. The lowest BCUT2D eigenvalue weighted by atomic mass is 10.1. The van der Waals surface area contributed by atoms with Gasteiger partial charge in [-0.05, 0) is 54.4 Å². The molecule has 2 aromatic rings. The first kappa shape index (κ1) is 17.3. The summed E-state index contributed by atoms with van der Waals surface area (Å²) in [5.41, 5.74) is 2.57. The smallest absolute Gasteiger partial charge is 0.161 e. The number of benzene rings is 2. The highest BCUT2D eigenvalue weighted by Crippen LogP contribution is 2.43. The van der Waals surface area contributed by atoms with Crippen molar-refractivity contribution in [2.45, 2.75) is 43.7 Å². The highest BCUT2D eigenvalue weighted by atomic mass is 32.2. The minimum Gasteiger partial charge on any atom is -0.493 e. The van der Waals surface area contributed by atoms with Crippen molar-refractivity contribution in [1.82, 2.24) is 4.90 Å². The summed E-state index contributed by atoms with van der Waals surface area (Å²) in [4.78, 5) is 2.38. The molecule has 0 N–H and O–H groups in total. The largest absolute Gasteiger partial charge is 0.493 e. The van der Waals surface area contributed by atoms with Gasteiger partial charge in [-0.15, -0.1) is 11.8 Å². The predicted octanol–water partition coefficient (Wildman–Crippen LogP) is 5.74. The summed E-state index contributed by atoms with van der Waals surface area (Å²) in [6.45, 7) is 0.903. The molecule has 26 heavy (non-hydrogen) atoms. The van der Waals surface area contributed by atoms with Crippen LogP contribution in [0.15, 0.2) is 60.1 Å². The molecule has 0 amide bonds. The topological polar surface area (TPSA) is 21.7 Å². The van der Waals surface area contributed by atoms with Gasteiger partial charge in [0.15, 0.2) is 11.5 Å². The van der Waals surface area contributed by atoms with E-state index in [4.69, 9.17) is 9.47 Å². The number of rotatable bonds is 6. The van der Waals surface area contributed by atoms with Gasteiger partial charge < -0.3 is 14.4 Å². The van der Waals surface area contributed by atoms with Crippen molar-refractivity contribution in [3.63, 3.8) is 0 Å². The first-order valence-electron chi connectivity index (χ1n) is 9.30. The van der Waals surface area contributed by atoms with Crippen LogP contribution in [0.2, 0.25) is 0 Å². The highest BCUT2D eigenvalue weighted by Gasteiger charge is 2.24. The third kappa shape index (κ3) is 3.85. The fraction of sp³-hybridized carbons (Fsp3) is 0.364. The fourth-order valence-electron chi connectivity index (χ4n) is 3.67. The fourth-order valence-corrected chi connectivity index (χ4v) is 4.65. The Bertz CT molecular complexity index is 756. The van der Waals surface area contributed by atoms with Crippen LogP contribution in [0.3, 0.4) is 0 Å². The molecular weight excluding hydrogens is 342 g/mol. The van der Waals surface area contributed by atoms with Crippen LogP contribution in [0.5, 0.6) is 11.5 Å². The molecule has 1 aliphatic heterocycles. The molecule has 2 aromatic carbocycles. The number of hydrogen-bond donors (Lipinski definition) is 0. The van der Waals surface area contributed by atoms with Gasteiger partial charge in [0, 0.05) is 12.7 Å². The van der Waals surface area contributed by atoms with Gasteiger partial charge in [-0.25, -0.2) is 0 Å². The van der Waals surface area contributed by atoms with E-state index in [1.807, 2.05) is 17.8 Å². The van der Waals surface area contributed by atoms with E-state index in [1.165, 1.54) is 24.0 Å². The zero-order valence-corrected chi connectivity index (χ0v) is 16.0. The summed E-state index contributed by atoms with van der Waals surface area (Å²) in [5, 5.41) is 2.45. The minimum atomic E-state index is 0.270. The molecule has 1 atom stereocenters. The molecule has 2 aliphatic rings. The maximum Gasteiger partial charge on any atom is 0.161 e. The molecule has 0 radical (unpaired) electrons. The van der Waals surface area contributed by atoms with Crippen LogP contribution in [-0.4, -0.2) is 18.1 Å². The van der Waals surface area contributed by atoms with E-state index in [0.29, 0.717) is 6.10 Å². The monoisotopic (exact) mass is 367 g/mol. The van der Waals surface area contributed by atoms with Crippen LogP contribution < -0.4 is 9.47 Å². The maximum atomic E-state index is 6.28. The molecule has 0 spiro atoms. The maximum absolute atomic E-state index is 6.28. The summed E-state index contributed by atoms with van der Waals surface area (Å²) in [6, 6.07) is 17.0. The second-order valence-corrected chi connectivity index (χ2v) is 7.86. The van der Waals surface area contributed by atoms with Crippen molar-refractivity contribution < 1.29 is 9.47 Å². The van der Waals surface area contributed by atoms with Crippen molar-refractivity contribution in [3.05, 3.63) is 71.3 Å². The molecule has 1 fully saturated rings. The molecule has 4 rings (SSSR count). The lowest BCUT2D eigenvalue weighted by molar-refractivity contribution is 0.200. The standard InChI is InChI=1S/C22H25NO2S/c1-24-20-12-11-18(15-21(20)25-19-9-5-6-10-19)22-23(13-14-26-22)16-17-7-3-2-4-8-17/h2-4,7-8,11-15,19,22H,5-6,9-10,16H2,1H3. The van der Waals surface area contributed by atoms with Gasteiger partial charge in [-0.1, -0.05) is 36.4 Å². The van der Waals surface area contributed by atoms with E-state index in [0.717, 1.165) is 30.9 Å². The van der Waals surface area contributed by atoms with E-state index in [1.54, 1.807) is 7.11 Å². The normalized spacial score (nSPS) is 19.9.